The number of hydrogen-bond acceptors (Lipinski definition) is 2. The van der Waals surface area contributed by atoms with E-state index >= 15 is 0 Å². The van der Waals surface area contributed by atoms with Crippen molar-refractivity contribution < 1.29 is 5.11 Å². The molecule has 1 aliphatic carbocycles. The van der Waals surface area contributed by atoms with Gasteiger partial charge in [-0.25, -0.2) is 0 Å². The zero-order chi connectivity index (χ0) is 5.28. The van der Waals surface area contributed by atoms with Crippen molar-refractivity contribution in [3.05, 3.63) is 12.2 Å². The lowest BCUT2D eigenvalue weighted by atomic mass is 10.2. The van der Waals surface area contributed by atoms with E-state index in [0.29, 0.717) is 0 Å². The predicted octanol–water partition coefficient (Wildman–Crippen LogP) is 0.0563. The van der Waals surface area contributed by atoms with Crippen LogP contribution in [0.5, 0.6) is 0 Å². The van der Waals surface area contributed by atoms with Gasteiger partial charge in [-0.05, 0) is 6.42 Å². The third kappa shape index (κ3) is 1.47. The molecule has 0 radical (unpaired) electrons. The fraction of sp³-hybridized carbons (Fsp3) is 0.600. The third-order valence-electron chi connectivity index (χ3n) is 1.18. The Kier molecular flexibility index (Phi) is 3.05. The average Bonchev–Trinajstić information content (AvgIpc) is 1.91. The van der Waals surface area contributed by atoms with Crippen LogP contribution in [0.1, 0.15) is 6.42 Å². The van der Waals surface area contributed by atoms with Crippen molar-refractivity contribution in [3.8, 4) is 0 Å². The fourth-order valence-electron chi connectivity index (χ4n) is 0.661. The number of halogens is 1. The molecule has 0 spiro atoms. The van der Waals surface area contributed by atoms with Crippen LogP contribution >= 0.6 is 12.4 Å². The van der Waals surface area contributed by atoms with Gasteiger partial charge in [-0.2, -0.15) is 0 Å². The molecule has 2 atom stereocenters. The Balaban J connectivity index is 0.000000490. The second-order valence-electron chi connectivity index (χ2n) is 1.81. The first-order valence-electron chi connectivity index (χ1n) is 2.41. The van der Waals surface area contributed by atoms with Gasteiger partial charge in [0.05, 0.1) is 6.10 Å². The van der Waals surface area contributed by atoms with E-state index < -0.39 is 0 Å². The number of aliphatic hydroxyl groups excluding tert-OH is 1. The van der Waals surface area contributed by atoms with Gasteiger partial charge in [0, 0.05) is 6.04 Å². The van der Waals surface area contributed by atoms with Gasteiger partial charge < -0.3 is 10.8 Å². The molecule has 48 valence electrons. The minimum Gasteiger partial charge on any atom is -0.391 e. The molecule has 3 heteroatoms. The predicted molar refractivity (Wildman–Crippen MR) is 35.0 cm³/mol. The van der Waals surface area contributed by atoms with Crippen molar-refractivity contribution in [2.24, 2.45) is 5.73 Å². The van der Waals surface area contributed by atoms with Crippen molar-refractivity contribution in [2.75, 3.05) is 0 Å². The van der Waals surface area contributed by atoms with Crippen LogP contribution in [0.3, 0.4) is 0 Å². The Hall–Kier alpha value is -0.0500. The van der Waals surface area contributed by atoms with E-state index in [0.717, 1.165) is 6.42 Å². The Labute approximate surface area is 54.8 Å². The van der Waals surface area contributed by atoms with Crippen molar-refractivity contribution in [1.82, 2.24) is 0 Å². The molecule has 2 unspecified atom stereocenters. The standard InChI is InChI=1S/C5H9NO.ClH/c6-4-2-1-3-5(4)7;/h1-2,4-5,7H,3,6H2;1H. The van der Waals surface area contributed by atoms with Crippen LogP contribution in [0.2, 0.25) is 0 Å². The summed E-state index contributed by atoms with van der Waals surface area (Å²) in [5.74, 6) is 0. The molecule has 1 aliphatic rings. The van der Waals surface area contributed by atoms with E-state index in [1.807, 2.05) is 12.2 Å². The van der Waals surface area contributed by atoms with Crippen molar-refractivity contribution in [2.45, 2.75) is 18.6 Å². The van der Waals surface area contributed by atoms with Crippen LogP contribution < -0.4 is 5.73 Å². The summed E-state index contributed by atoms with van der Waals surface area (Å²) < 4.78 is 0. The maximum atomic E-state index is 8.81. The lowest BCUT2D eigenvalue weighted by Crippen LogP contribution is -2.28. The molecule has 0 aliphatic heterocycles. The zero-order valence-corrected chi connectivity index (χ0v) is 5.27. The molecule has 0 aromatic rings. The number of nitrogens with two attached hydrogens (primary N) is 1. The first kappa shape index (κ1) is 7.95. The second-order valence-corrected chi connectivity index (χ2v) is 1.81. The molecule has 0 aromatic heterocycles. The fourth-order valence-corrected chi connectivity index (χ4v) is 0.661. The van der Waals surface area contributed by atoms with Crippen LogP contribution in [0.15, 0.2) is 12.2 Å². The highest BCUT2D eigenvalue weighted by molar-refractivity contribution is 5.85. The first-order valence-corrected chi connectivity index (χ1v) is 2.41. The molecule has 0 saturated carbocycles. The van der Waals surface area contributed by atoms with Gasteiger partial charge in [-0.3, -0.25) is 0 Å². The van der Waals surface area contributed by atoms with Crippen LogP contribution in [-0.4, -0.2) is 17.3 Å². The molecule has 2 nitrogen and oxygen atoms in total. The van der Waals surface area contributed by atoms with E-state index in [2.05, 4.69) is 0 Å². The molecule has 0 aromatic carbocycles. The number of rotatable bonds is 0. The lowest BCUT2D eigenvalue weighted by Gasteiger charge is -2.04. The highest BCUT2D eigenvalue weighted by Gasteiger charge is 2.13. The summed E-state index contributed by atoms with van der Waals surface area (Å²) in [6.45, 7) is 0. The molecular formula is C5H10ClNO. The molecule has 1 rings (SSSR count). The Morgan fingerprint density at radius 2 is 2.25 bits per heavy atom. The summed E-state index contributed by atoms with van der Waals surface area (Å²) in [5, 5.41) is 8.81. The van der Waals surface area contributed by atoms with E-state index in [4.69, 9.17) is 10.8 Å². The summed E-state index contributed by atoms with van der Waals surface area (Å²) in [7, 11) is 0. The minimum atomic E-state index is -0.319. The quantitative estimate of drug-likeness (QED) is 0.462. The smallest absolute Gasteiger partial charge is 0.0761 e. The topological polar surface area (TPSA) is 46.2 Å². The molecule has 0 bridgehead atoms. The highest BCUT2D eigenvalue weighted by atomic mass is 35.5. The van der Waals surface area contributed by atoms with Gasteiger partial charge >= 0.3 is 0 Å². The third-order valence-corrected chi connectivity index (χ3v) is 1.18. The molecule has 0 saturated heterocycles. The zero-order valence-electron chi connectivity index (χ0n) is 4.45. The van der Waals surface area contributed by atoms with Gasteiger partial charge in [-0.15, -0.1) is 12.4 Å². The Morgan fingerprint density at radius 1 is 1.62 bits per heavy atom. The van der Waals surface area contributed by atoms with Gasteiger partial charge in [0.25, 0.3) is 0 Å². The van der Waals surface area contributed by atoms with Crippen LogP contribution in [0.4, 0.5) is 0 Å². The van der Waals surface area contributed by atoms with E-state index in [-0.39, 0.29) is 24.6 Å². The van der Waals surface area contributed by atoms with Crippen LogP contribution in [0, 0.1) is 0 Å². The Morgan fingerprint density at radius 3 is 2.38 bits per heavy atom. The van der Waals surface area contributed by atoms with Crippen LogP contribution in [0.25, 0.3) is 0 Å². The van der Waals surface area contributed by atoms with Gasteiger partial charge in [0.1, 0.15) is 0 Å². The summed E-state index contributed by atoms with van der Waals surface area (Å²) in [5.41, 5.74) is 5.34. The molecule has 0 heterocycles. The van der Waals surface area contributed by atoms with Gasteiger partial charge in [0.15, 0.2) is 0 Å². The summed E-state index contributed by atoms with van der Waals surface area (Å²) in [6, 6.07) is -0.111. The largest absolute Gasteiger partial charge is 0.391 e. The van der Waals surface area contributed by atoms with Crippen LogP contribution in [-0.2, 0) is 0 Å². The van der Waals surface area contributed by atoms with E-state index in [9.17, 15) is 0 Å². The van der Waals surface area contributed by atoms with Crippen molar-refractivity contribution in [3.63, 3.8) is 0 Å². The molecular weight excluding hydrogens is 126 g/mol. The molecule has 0 amide bonds. The molecule has 3 N–H and O–H groups in total. The normalized spacial score (nSPS) is 34.8. The van der Waals surface area contributed by atoms with E-state index in [1.54, 1.807) is 0 Å². The second kappa shape index (κ2) is 3.07. The maximum Gasteiger partial charge on any atom is 0.0761 e. The summed E-state index contributed by atoms with van der Waals surface area (Å²) in [4.78, 5) is 0. The maximum absolute atomic E-state index is 8.81. The number of aliphatic hydroxyl groups is 1. The first-order chi connectivity index (χ1) is 3.30. The lowest BCUT2D eigenvalue weighted by molar-refractivity contribution is 0.172. The van der Waals surface area contributed by atoms with E-state index in [1.165, 1.54) is 0 Å². The average molecular weight is 136 g/mol. The van der Waals surface area contributed by atoms with Gasteiger partial charge in [-0.1, -0.05) is 12.2 Å². The summed E-state index contributed by atoms with van der Waals surface area (Å²) in [6.07, 6.45) is 4.13. The van der Waals surface area contributed by atoms with Crippen molar-refractivity contribution in [1.29, 1.82) is 0 Å². The SMILES string of the molecule is Cl.NC1C=CCC1O. The monoisotopic (exact) mass is 135 g/mol. The minimum absolute atomic E-state index is 0. The number of hydrogen-bond donors (Lipinski definition) is 2. The molecule has 8 heavy (non-hydrogen) atoms. The van der Waals surface area contributed by atoms with Crippen molar-refractivity contribution >= 4 is 12.4 Å². The molecule has 0 fully saturated rings. The highest BCUT2D eigenvalue weighted by Crippen LogP contribution is 2.06. The Bertz CT molecular complexity index is 94.4. The summed E-state index contributed by atoms with van der Waals surface area (Å²) >= 11 is 0. The van der Waals surface area contributed by atoms with Gasteiger partial charge in [0.2, 0.25) is 0 Å².